The number of amides is 2. The molecule has 0 saturated heterocycles. The van der Waals surface area contributed by atoms with E-state index in [0.29, 0.717) is 43.4 Å². The van der Waals surface area contributed by atoms with Gasteiger partial charge in [0.05, 0.1) is 24.0 Å². The second-order valence-electron chi connectivity index (χ2n) is 8.78. The monoisotopic (exact) mass is 508 g/mol. The van der Waals surface area contributed by atoms with Gasteiger partial charge in [0, 0.05) is 45.6 Å². The van der Waals surface area contributed by atoms with Crippen molar-refractivity contribution in [3.8, 4) is 0 Å². The third-order valence-electron chi connectivity index (χ3n) is 6.29. The largest absolute Gasteiger partial charge is 0.465 e. The maximum Gasteiger partial charge on any atom is 0.407 e. The highest BCUT2D eigenvalue weighted by Gasteiger charge is 2.27. The highest BCUT2D eigenvalue weighted by molar-refractivity contribution is 6.30. The molecular weight excluding hydrogens is 480 g/mol. The van der Waals surface area contributed by atoms with Crippen LogP contribution in [0.25, 0.3) is 0 Å². The van der Waals surface area contributed by atoms with Crippen molar-refractivity contribution in [2.75, 3.05) is 43.5 Å². The number of rotatable bonds is 8. The summed E-state index contributed by atoms with van der Waals surface area (Å²) >= 11 is 6.07. The van der Waals surface area contributed by atoms with Crippen molar-refractivity contribution in [1.82, 2.24) is 9.88 Å². The highest BCUT2D eigenvalue weighted by atomic mass is 35.5. The van der Waals surface area contributed by atoms with E-state index in [0.717, 1.165) is 22.5 Å². The summed E-state index contributed by atoms with van der Waals surface area (Å²) in [5, 5.41) is 9.55. The summed E-state index contributed by atoms with van der Waals surface area (Å²) in [5.41, 5.74) is 3.95. The SMILES string of the molecule is CN(CCC(OCc1cccc(N2CCN(C)c3cc(Cl)ncc3C2=O)c1)c1ccccc1)C(=O)O. The molecule has 0 saturated carbocycles. The molecule has 1 aromatic heterocycles. The van der Waals surface area contributed by atoms with Crippen LogP contribution in [0.4, 0.5) is 16.2 Å². The summed E-state index contributed by atoms with van der Waals surface area (Å²) < 4.78 is 6.27. The molecule has 2 amide bonds. The predicted octanol–water partition coefficient (Wildman–Crippen LogP) is 5.09. The van der Waals surface area contributed by atoms with Crippen LogP contribution >= 0.6 is 11.6 Å². The molecule has 1 N–H and O–H groups in total. The molecule has 0 radical (unpaired) electrons. The number of carbonyl (C=O) groups is 2. The lowest BCUT2D eigenvalue weighted by atomic mass is 10.1. The van der Waals surface area contributed by atoms with Crippen molar-refractivity contribution in [1.29, 1.82) is 0 Å². The molecule has 188 valence electrons. The van der Waals surface area contributed by atoms with Gasteiger partial charge in [-0.25, -0.2) is 9.78 Å². The Kier molecular flexibility index (Phi) is 8.07. The molecule has 4 rings (SSSR count). The Hall–Kier alpha value is -3.62. The lowest BCUT2D eigenvalue weighted by molar-refractivity contribution is 0.0288. The van der Waals surface area contributed by atoms with Crippen LogP contribution in [0.5, 0.6) is 0 Å². The Labute approximate surface area is 215 Å². The average molecular weight is 509 g/mol. The minimum absolute atomic E-state index is 0.129. The number of anilines is 2. The van der Waals surface area contributed by atoms with Crippen LogP contribution in [0.15, 0.2) is 66.9 Å². The number of pyridine rings is 1. The average Bonchev–Trinajstić information content (AvgIpc) is 3.00. The van der Waals surface area contributed by atoms with E-state index in [4.69, 9.17) is 16.3 Å². The Morgan fingerprint density at radius 1 is 1.17 bits per heavy atom. The molecule has 2 aromatic carbocycles. The molecule has 1 aliphatic rings. The predicted molar refractivity (Wildman–Crippen MR) is 140 cm³/mol. The number of hydrogen-bond donors (Lipinski definition) is 1. The first-order valence-corrected chi connectivity index (χ1v) is 12.1. The van der Waals surface area contributed by atoms with Crippen LogP contribution in [-0.2, 0) is 11.3 Å². The fourth-order valence-electron chi connectivity index (χ4n) is 4.20. The molecule has 1 atom stereocenters. The summed E-state index contributed by atoms with van der Waals surface area (Å²) in [5.74, 6) is -0.129. The molecular formula is C27H29ClN4O4. The van der Waals surface area contributed by atoms with Gasteiger partial charge in [0.15, 0.2) is 0 Å². The first-order valence-electron chi connectivity index (χ1n) is 11.7. The number of hydrogen-bond acceptors (Lipinski definition) is 5. The van der Waals surface area contributed by atoms with E-state index in [2.05, 4.69) is 4.98 Å². The zero-order valence-corrected chi connectivity index (χ0v) is 21.1. The second-order valence-corrected chi connectivity index (χ2v) is 9.16. The number of carbonyl (C=O) groups excluding carboxylic acids is 1. The highest BCUT2D eigenvalue weighted by Crippen LogP contribution is 2.30. The van der Waals surface area contributed by atoms with E-state index >= 15 is 0 Å². The molecule has 36 heavy (non-hydrogen) atoms. The Balaban J connectivity index is 1.51. The number of nitrogens with zero attached hydrogens (tertiary/aromatic N) is 4. The molecule has 0 spiro atoms. The Bertz CT molecular complexity index is 1220. The molecule has 0 aliphatic carbocycles. The summed E-state index contributed by atoms with van der Waals surface area (Å²) in [4.78, 5) is 33.7. The van der Waals surface area contributed by atoms with Crippen molar-refractivity contribution in [3.63, 3.8) is 0 Å². The van der Waals surface area contributed by atoms with Gasteiger partial charge in [0.1, 0.15) is 5.15 Å². The molecule has 1 aliphatic heterocycles. The van der Waals surface area contributed by atoms with Crippen molar-refractivity contribution in [3.05, 3.63) is 88.7 Å². The van der Waals surface area contributed by atoms with Crippen LogP contribution in [0, 0.1) is 0 Å². The fourth-order valence-corrected chi connectivity index (χ4v) is 4.35. The summed E-state index contributed by atoms with van der Waals surface area (Å²) in [7, 11) is 3.48. The van der Waals surface area contributed by atoms with Crippen LogP contribution < -0.4 is 9.80 Å². The van der Waals surface area contributed by atoms with Gasteiger partial charge < -0.3 is 24.5 Å². The quantitative estimate of drug-likeness (QED) is 0.426. The number of carboxylic acid groups (broad SMARTS) is 1. The maximum atomic E-state index is 13.4. The minimum Gasteiger partial charge on any atom is -0.465 e. The van der Waals surface area contributed by atoms with E-state index in [1.165, 1.54) is 11.1 Å². The van der Waals surface area contributed by atoms with Gasteiger partial charge >= 0.3 is 6.09 Å². The van der Waals surface area contributed by atoms with E-state index in [-0.39, 0.29) is 12.0 Å². The summed E-state index contributed by atoms with van der Waals surface area (Å²) in [6.45, 7) is 1.83. The van der Waals surface area contributed by atoms with Gasteiger partial charge in [0.2, 0.25) is 0 Å². The molecule has 0 fully saturated rings. The van der Waals surface area contributed by atoms with Crippen molar-refractivity contribution in [2.24, 2.45) is 0 Å². The molecule has 9 heteroatoms. The van der Waals surface area contributed by atoms with Gasteiger partial charge in [-0.3, -0.25) is 4.79 Å². The molecule has 0 bridgehead atoms. The Morgan fingerprint density at radius 3 is 2.69 bits per heavy atom. The molecule has 2 heterocycles. The third-order valence-corrected chi connectivity index (χ3v) is 6.50. The lowest BCUT2D eigenvalue weighted by Gasteiger charge is -2.23. The lowest BCUT2D eigenvalue weighted by Crippen LogP contribution is -2.33. The van der Waals surface area contributed by atoms with Gasteiger partial charge in [-0.1, -0.05) is 54.1 Å². The number of benzene rings is 2. The number of likely N-dealkylation sites (N-methyl/N-ethyl adjacent to an activating group) is 1. The van der Waals surface area contributed by atoms with E-state index in [1.54, 1.807) is 18.0 Å². The number of aromatic nitrogens is 1. The van der Waals surface area contributed by atoms with Gasteiger partial charge in [0.25, 0.3) is 5.91 Å². The smallest absolute Gasteiger partial charge is 0.407 e. The fraction of sp³-hybridized carbons (Fsp3) is 0.296. The van der Waals surface area contributed by atoms with Crippen LogP contribution in [-0.4, -0.2) is 60.7 Å². The topological polar surface area (TPSA) is 86.2 Å². The summed E-state index contributed by atoms with van der Waals surface area (Å²) in [6, 6.07) is 19.2. The zero-order valence-electron chi connectivity index (χ0n) is 20.3. The van der Waals surface area contributed by atoms with Crippen LogP contribution in [0.2, 0.25) is 5.15 Å². The molecule has 8 nitrogen and oxygen atoms in total. The third kappa shape index (κ3) is 5.95. The Morgan fingerprint density at radius 2 is 1.94 bits per heavy atom. The normalized spacial score (nSPS) is 14.2. The van der Waals surface area contributed by atoms with Gasteiger partial charge in [-0.2, -0.15) is 0 Å². The van der Waals surface area contributed by atoms with Crippen LogP contribution in [0.1, 0.15) is 34.0 Å². The second kappa shape index (κ2) is 11.4. The van der Waals surface area contributed by atoms with Crippen LogP contribution in [0.3, 0.4) is 0 Å². The number of halogens is 1. The first kappa shape index (κ1) is 25.5. The van der Waals surface area contributed by atoms with E-state index < -0.39 is 6.09 Å². The first-order chi connectivity index (χ1) is 17.3. The number of ether oxygens (including phenoxy) is 1. The molecule has 3 aromatic rings. The minimum atomic E-state index is -0.971. The standard InChI is InChI=1S/C27H29ClN4O4/c1-30-13-14-32(26(33)22-17-29-25(28)16-23(22)30)21-10-6-7-19(15-21)18-36-24(11-12-31(2)27(34)35)20-8-4-3-5-9-20/h3-10,15-17,24H,11-14,18H2,1-2H3,(H,34,35). The van der Waals surface area contributed by atoms with Crippen molar-refractivity contribution >= 4 is 35.0 Å². The zero-order chi connectivity index (χ0) is 25.7. The summed E-state index contributed by atoms with van der Waals surface area (Å²) in [6.07, 6.45) is 0.810. The van der Waals surface area contributed by atoms with E-state index in [9.17, 15) is 14.7 Å². The van der Waals surface area contributed by atoms with Crippen molar-refractivity contribution < 1.29 is 19.4 Å². The van der Waals surface area contributed by atoms with Gasteiger partial charge in [-0.05, 0) is 35.7 Å². The van der Waals surface area contributed by atoms with Gasteiger partial charge in [-0.15, -0.1) is 0 Å². The van der Waals surface area contributed by atoms with Crippen molar-refractivity contribution in [2.45, 2.75) is 19.1 Å². The maximum absolute atomic E-state index is 13.4. The number of fused-ring (bicyclic) bond motifs is 1. The molecule has 1 unspecified atom stereocenters. The van der Waals surface area contributed by atoms with E-state index in [1.807, 2.05) is 66.5 Å².